The lowest BCUT2D eigenvalue weighted by Gasteiger charge is -2.10. The van der Waals surface area contributed by atoms with Crippen LogP contribution in [0.25, 0.3) is 11.5 Å². The molecule has 0 fully saturated rings. The van der Waals surface area contributed by atoms with Gasteiger partial charge in [0.25, 0.3) is 0 Å². The molecule has 0 saturated heterocycles. The Kier molecular flexibility index (Phi) is 6.63. The van der Waals surface area contributed by atoms with Gasteiger partial charge in [0.15, 0.2) is 5.76 Å². The third-order valence-electron chi connectivity index (χ3n) is 3.40. The van der Waals surface area contributed by atoms with E-state index in [0.717, 1.165) is 23.9 Å². The van der Waals surface area contributed by atoms with Crippen molar-refractivity contribution >= 4 is 40.1 Å². The lowest BCUT2D eigenvalue weighted by molar-refractivity contribution is 0.579. The zero-order valence-corrected chi connectivity index (χ0v) is 15.3. The minimum absolute atomic E-state index is 0. The summed E-state index contributed by atoms with van der Waals surface area (Å²) < 4.78 is 6.14. The van der Waals surface area contributed by atoms with Crippen molar-refractivity contribution in [1.82, 2.24) is 9.97 Å². The van der Waals surface area contributed by atoms with Crippen LogP contribution in [0.4, 0.5) is 11.8 Å². The molecule has 126 valence electrons. The summed E-state index contributed by atoms with van der Waals surface area (Å²) in [6.45, 7) is 0.793. The second-order valence-electron chi connectivity index (χ2n) is 5.09. The average Bonchev–Trinajstić information content (AvgIpc) is 3.09. The van der Waals surface area contributed by atoms with Crippen molar-refractivity contribution in [3.8, 4) is 11.5 Å². The SMILES string of the molecule is Cl.Nc1nc(NCCCc2ccccc2)c(Br)c(-c2ccco2)n1. The molecule has 2 aromatic heterocycles. The quantitative estimate of drug-likeness (QED) is 0.584. The van der Waals surface area contributed by atoms with E-state index in [2.05, 4.69) is 55.5 Å². The number of aryl methyl sites for hydroxylation is 1. The van der Waals surface area contributed by atoms with Crippen LogP contribution < -0.4 is 11.1 Å². The number of aromatic nitrogens is 2. The highest BCUT2D eigenvalue weighted by Crippen LogP contribution is 2.32. The Hall–Kier alpha value is -2.05. The third-order valence-corrected chi connectivity index (χ3v) is 4.15. The van der Waals surface area contributed by atoms with E-state index in [0.29, 0.717) is 17.3 Å². The van der Waals surface area contributed by atoms with E-state index in [4.69, 9.17) is 10.2 Å². The molecule has 0 aliphatic heterocycles. The number of furan rings is 1. The minimum Gasteiger partial charge on any atom is -0.463 e. The van der Waals surface area contributed by atoms with Crippen LogP contribution in [0.2, 0.25) is 0 Å². The predicted octanol–water partition coefficient (Wildman–Crippen LogP) is 4.55. The molecule has 3 N–H and O–H groups in total. The maximum Gasteiger partial charge on any atom is 0.222 e. The molecule has 3 rings (SSSR count). The number of nitrogens with zero attached hydrogens (tertiary/aromatic N) is 2. The molecule has 3 aromatic rings. The normalized spacial score (nSPS) is 10.2. The van der Waals surface area contributed by atoms with Crippen LogP contribution in [0, 0.1) is 0 Å². The van der Waals surface area contributed by atoms with Gasteiger partial charge in [0.1, 0.15) is 11.5 Å². The highest BCUT2D eigenvalue weighted by Gasteiger charge is 2.14. The van der Waals surface area contributed by atoms with Crippen LogP contribution in [0.3, 0.4) is 0 Å². The van der Waals surface area contributed by atoms with Crippen molar-refractivity contribution in [2.24, 2.45) is 0 Å². The fourth-order valence-electron chi connectivity index (χ4n) is 2.30. The van der Waals surface area contributed by atoms with Gasteiger partial charge in [-0.15, -0.1) is 12.4 Å². The Morgan fingerprint density at radius 2 is 1.88 bits per heavy atom. The Balaban J connectivity index is 0.00000208. The first-order chi connectivity index (χ1) is 11.2. The van der Waals surface area contributed by atoms with Crippen LogP contribution in [0.5, 0.6) is 0 Å². The van der Waals surface area contributed by atoms with Crippen molar-refractivity contribution < 1.29 is 4.42 Å². The van der Waals surface area contributed by atoms with Crippen molar-refractivity contribution in [2.45, 2.75) is 12.8 Å². The molecule has 0 unspecified atom stereocenters. The summed E-state index contributed by atoms with van der Waals surface area (Å²) >= 11 is 3.53. The van der Waals surface area contributed by atoms with E-state index in [-0.39, 0.29) is 18.4 Å². The summed E-state index contributed by atoms with van der Waals surface area (Å²) in [7, 11) is 0. The van der Waals surface area contributed by atoms with E-state index in [1.54, 1.807) is 6.26 Å². The van der Waals surface area contributed by atoms with Gasteiger partial charge in [-0.3, -0.25) is 0 Å². The average molecular weight is 410 g/mol. The molecule has 24 heavy (non-hydrogen) atoms. The van der Waals surface area contributed by atoms with Gasteiger partial charge in [-0.05, 0) is 46.5 Å². The largest absolute Gasteiger partial charge is 0.463 e. The lowest BCUT2D eigenvalue weighted by Crippen LogP contribution is -2.08. The minimum atomic E-state index is 0. The molecule has 7 heteroatoms. The second kappa shape index (κ2) is 8.70. The van der Waals surface area contributed by atoms with Crippen molar-refractivity contribution in [2.75, 3.05) is 17.6 Å². The highest BCUT2D eigenvalue weighted by atomic mass is 79.9. The summed E-state index contributed by atoms with van der Waals surface area (Å²) in [6, 6.07) is 14.1. The molecule has 0 aliphatic rings. The molecular weight excluding hydrogens is 392 g/mol. The van der Waals surface area contributed by atoms with Crippen LogP contribution >= 0.6 is 28.3 Å². The van der Waals surface area contributed by atoms with Gasteiger partial charge in [0, 0.05) is 6.54 Å². The maximum atomic E-state index is 5.80. The molecule has 2 heterocycles. The van der Waals surface area contributed by atoms with Crippen molar-refractivity contribution in [3.63, 3.8) is 0 Å². The number of benzene rings is 1. The zero-order chi connectivity index (χ0) is 16.1. The number of nitrogens with one attached hydrogen (secondary N) is 1. The van der Waals surface area contributed by atoms with Crippen molar-refractivity contribution in [1.29, 1.82) is 0 Å². The smallest absolute Gasteiger partial charge is 0.222 e. The lowest BCUT2D eigenvalue weighted by atomic mass is 10.1. The van der Waals surface area contributed by atoms with Crippen LogP contribution in [-0.4, -0.2) is 16.5 Å². The van der Waals surface area contributed by atoms with Gasteiger partial charge in [-0.2, -0.15) is 4.98 Å². The first kappa shape index (κ1) is 18.3. The second-order valence-corrected chi connectivity index (χ2v) is 5.88. The monoisotopic (exact) mass is 408 g/mol. The molecule has 0 bridgehead atoms. The van der Waals surface area contributed by atoms with E-state index in [1.807, 2.05) is 18.2 Å². The van der Waals surface area contributed by atoms with Gasteiger partial charge in [0.05, 0.1) is 10.7 Å². The van der Waals surface area contributed by atoms with Gasteiger partial charge < -0.3 is 15.5 Å². The number of nitrogens with two attached hydrogens (primary N) is 1. The summed E-state index contributed by atoms with van der Waals surface area (Å²) in [6.07, 6.45) is 3.61. The summed E-state index contributed by atoms with van der Waals surface area (Å²) in [5.74, 6) is 1.54. The topological polar surface area (TPSA) is 77.0 Å². The summed E-state index contributed by atoms with van der Waals surface area (Å²) in [5, 5.41) is 3.31. The van der Waals surface area contributed by atoms with Gasteiger partial charge in [-0.25, -0.2) is 4.98 Å². The van der Waals surface area contributed by atoms with Gasteiger partial charge in [0.2, 0.25) is 5.95 Å². The van der Waals surface area contributed by atoms with Crippen LogP contribution in [0.15, 0.2) is 57.6 Å². The molecule has 0 aliphatic carbocycles. The Morgan fingerprint density at radius 1 is 1.08 bits per heavy atom. The zero-order valence-electron chi connectivity index (χ0n) is 12.9. The van der Waals surface area contributed by atoms with Crippen LogP contribution in [-0.2, 0) is 6.42 Å². The fourth-order valence-corrected chi connectivity index (χ4v) is 2.81. The summed E-state index contributed by atoms with van der Waals surface area (Å²) in [5.41, 5.74) is 7.78. The van der Waals surface area contributed by atoms with E-state index in [1.165, 1.54) is 5.56 Å². The molecule has 0 spiro atoms. The molecule has 0 amide bonds. The third kappa shape index (κ3) is 4.49. The standard InChI is InChI=1S/C17H17BrN4O.ClH/c18-14-15(13-9-5-11-23-13)21-17(19)22-16(14)20-10-4-8-12-6-2-1-3-7-12;/h1-3,5-7,9,11H,4,8,10H2,(H3,19,20,21,22);1H. The fraction of sp³-hybridized carbons (Fsp3) is 0.176. The summed E-state index contributed by atoms with van der Waals surface area (Å²) in [4.78, 5) is 8.49. The molecular formula is C17H18BrClN4O. The number of anilines is 2. The number of hydrogen-bond acceptors (Lipinski definition) is 5. The Bertz CT molecular complexity index is 766. The van der Waals surface area contributed by atoms with E-state index in [9.17, 15) is 0 Å². The van der Waals surface area contributed by atoms with E-state index < -0.39 is 0 Å². The van der Waals surface area contributed by atoms with E-state index >= 15 is 0 Å². The van der Waals surface area contributed by atoms with Crippen molar-refractivity contribution in [3.05, 3.63) is 58.8 Å². The maximum absolute atomic E-state index is 5.80. The number of rotatable bonds is 6. The first-order valence-electron chi connectivity index (χ1n) is 7.39. The molecule has 5 nitrogen and oxygen atoms in total. The molecule has 1 aromatic carbocycles. The molecule has 0 saturated carbocycles. The van der Waals surface area contributed by atoms with Gasteiger partial charge in [-0.1, -0.05) is 30.3 Å². The Labute approximate surface area is 155 Å². The van der Waals surface area contributed by atoms with Crippen LogP contribution in [0.1, 0.15) is 12.0 Å². The number of hydrogen-bond donors (Lipinski definition) is 2. The Morgan fingerprint density at radius 3 is 2.58 bits per heavy atom. The first-order valence-corrected chi connectivity index (χ1v) is 8.18. The predicted molar refractivity (Wildman–Crippen MR) is 102 cm³/mol. The number of nitrogen functional groups attached to an aromatic ring is 1. The molecule has 0 atom stereocenters. The molecule has 0 radical (unpaired) electrons. The number of halogens is 2. The highest BCUT2D eigenvalue weighted by molar-refractivity contribution is 9.10. The van der Waals surface area contributed by atoms with Gasteiger partial charge >= 0.3 is 0 Å².